The van der Waals surface area contributed by atoms with E-state index in [0.29, 0.717) is 19.5 Å². The first-order valence-corrected chi connectivity index (χ1v) is 9.27. The quantitative estimate of drug-likeness (QED) is 0.713. The number of aromatic amines is 1. The minimum Gasteiger partial charge on any atom is -0.496 e. The Bertz CT molecular complexity index is 982. The summed E-state index contributed by atoms with van der Waals surface area (Å²) in [7, 11) is 3.30. The van der Waals surface area contributed by atoms with E-state index in [0.717, 1.165) is 34.1 Å². The Morgan fingerprint density at radius 1 is 1.07 bits per heavy atom. The van der Waals surface area contributed by atoms with Gasteiger partial charge in [-0.1, -0.05) is 30.3 Å². The SMILES string of the molecule is COc1ccccc1CN1CC(c2ncc(-c3ccccc3OC)[nH]2)CC1=O. The highest BCUT2D eigenvalue weighted by molar-refractivity contribution is 5.79. The normalized spacial score (nSPS) is 16.4. The van der Waals surface area contributed by atoms with Gasteiger partial charge in [0.1, 0.15) is 17.3 Å². The van der Waals surface area contributed by atoms with E-state index in [1.165, 1.54) is 0 Å². The van der Waals surface area contributed by atoms with Crippen molar-refractivity contribution in [2.75, 3.05) is 20.8 Å². The molecule has 0 saturated carbocycles. The van der Waals surface area contributed by atoms with Crippen LogP contribution in [-0.4, -0.2) is 41.5 Å². The summed E-state index contributed by atoms with van der Waals surface area (Å²) in [5.41, 5.74) is 2.86. The largest absolute Gasteiger partial charge is 0.496 e. The van der Waals surface area contributed by atoms with Gasteiger partial charge < -0.3 is 19.4 Å². The lowest BCUT2D eigenvalue weighted by Gasteiger charge is -2.18. The molecule has 28 heavy (non-hydrogen) atoms. The van der Waals surface area contributed by atoms with Gasteiger partial charge in [-0.05, 0) is 18.2 Å². The Balaban J connectivity index is 1.51. The number of carbonyl (C=O) groups excluding carboxylic acids is 1. The molecule has 1 aliphatic heterocycles. The standard InChI is InChI=1S/C22H23N3O3/c1-27-19-9-5-3-7-15(19)13-25-14-16(11-21(25)26)22-23-12-18(24-22)17-8-4-6-10-20(17)28-2/h3-10,12,16H,11,13-14H2,1-2H3,(H,23,24). The van der Waals surface area contributed by atoms with E-state index in [2.05, 4.69) is 9.97 Å². The van der Waals surface area contributed by atoms with Crippen LogP contribution in [0, 0.1) is 0 Å². The van der Waals surface area contributed by atoms with E-state index in [4.69, 9.17) is 9.47 Å². The molecule has 1 fully saturated rings. The summed E-state index contributed by atoms with van der Waals surface area (Å²) < 4.78 is 10.8. The van der Waals surface area contributed by atoms with Crippen LogP contribution in [0.5, 0.6) is 11.5 Å². The van der Waals surface area contributed by atoms with Crippen molar-refractivity contribution < 1.29 is 14.3 Å². The summed E-state index contributed by atoms with van der Waals surface area (Å²) >= 11 is 0. The molecule has 1 atom stereocenters. The topological polar surface area (TPSA) is 67.5 Å². The minimum absolute atomic E-state index is 0.0469. The maximum Gasteiger partial charge on any atom is 0.223 e. The van der Waals surface area contributed by atoms with Crippen LogP contribution >= 0.6 is 0 Å². The van der Waals surface area contributed by atoms with Crippen LogP contribution in [0.4, 0.5) is 0 Å². The number of nitrogens with zero attached hydrogens (tertiary/aromatic N) is 2. The molecular formula is C22H23N3O3. The summed E-state index contributed by atoms with van der Waals surface area (Å²) in [4.78, 5) is 22.4. The first-order chi connectivity index (χ1) is 13.7. The average Bonchev–Trinajstić information content (AvgIpc) is 3.35. The van der Waals surface area contributed by atoms with Crippen molar-refractivity contribution in [3.8, 4) is 22.8 Å². The molecule has 0 radical (unpaired) electrons. The van der Waals surface area contributed by atoms with E-state index >= 15 is 0 Å². The fraction of sp³-hybridized carbons (Fsp3) is 0.273. The van der Waals surface area contributed by atoms with Crippen molar-refractivity contribution in [2.45, 2.75) is 18.9 Å². The molecule has 144 valence electrons. The summed E-state index contributed by atoms with van der Waals surface area (Å²) in [6.07, 6.45) is 2.26. The molecule has 1 aliphatic rings. The maximum absolute atomic E-state index is 12.6. The van der Waals surface area contributed by atoms with Gasteiger partial charge in [0.2, 0.25) is 5.91 Å². The number of para-hydroxylation sites is 2. The zero-order valence-electron chi connectivity index (χ0n) is 16.0. The summed E-state index contributed by atoms with van der Waals surface area (Å²) in [6.45, 7) is 1.18. The van der Waals surface area contributed by atoms with Gasteiger partial charge in [-0.2, -0.15) is 0 Å². The molecule has 2 heterocycles. The summed E-state index contributed by atoms with van der Waals surface area (Å²) in [5, 5.41) is 0. The van der Waals surface area contributed by atoms with E-state index in [1.807, 2.05) is 53.4 Å². The van der Waals surface area contributed by atoms with Crippen LogP contribution < -0.4 is 9.47 Å². The first-order valence-electron chi connectivity index (χ1n) is 9.27. The number of likely N-dealkylation sites (tertiary alicyclic amines) is 1. The smallest absolute Gasteiger partial charge is 0.223 e. The van der Waals surface area contributed by atoms with Crippen molar-refractivity contribution >= 4 is 5.91 Å². The van der Waals surface area contributed by atoms with E-state index in [-0.39, 0.29) is 11.8 Å². The Morgan fingerprint density at radius 3 is 2.57 bits per heavy atom. The number of imidazole rings is 1. The Labute approximate surface area is 164 Å². The number of ether oxygens (including phenoxy) is 2. The van der Waals surface area contributed by atoms with Gasteiger partial charge in [0.15, 0.2) is 0 Å². The highest BCUT2D eigenvalue weighted by atomic mass is 16.5. The van der Waals surface area contributed by atoms with Crippen molar-refractivity contribution in [1.29, 1.82) is 0 Å². The van der Waals surface area contributed by atoms with Gasteiger partial charge in [-0.25, -0.2) is 4.98 Å². The van der Waals surface area contributed by atoms with Crippen molar-refractivity contribution in [3.05, 3.63) is 66.1 Å². The summed E-state index contributed by atoms with van der Waals surface area (Å²) in [5.74, 6) is 2.60. The number of H-pyrrole nitrogens is 1. The van der Waals surface area contributed by atoms with Gasteiger partial charge in [0.25, 0.3) is 0 Å². The monoisotopic (exact) mass is 377 g/mol. The van der Waals surface area contributed by atoms with E-state index in [9.17, 15) is 4.79 Å². The molecule has 2 aromatic carbocycles. The van der Waals surface area contributed by atoms with Gasteiger partial charge in [-0.15, -0.1) is 0 Å². The second kappa shape index (κ2) is 7.76. The molecule has 1 amide bonds. The number of rotatable bonds is 6. The lowest BCUT2D eigenvalue weighted by atomic mass is 10.1. The highest BCUT2D eigenvalue weighted by Gasteiger charge is 2.32. The number of benzene rings is 2. The third-order valence-corrected chi connectivity index (χ3v) is 5.15. The van der Waals surface area contributed by atoms with Crippen molar-refractivity contribution in [3.63, 3.8) is 0 Å². The van der Waals surface area contributed by atoms with Crippen molar-refractivity contribution in [2.24, 2.45) is 0 Å². The minimum atomic E-state index is 0.0469. The first kappa shape index (κ1) is 18.1. The number of amides is 1. The van der Waals surface area contributed by atoms with Crippen LogP contribution in [0.3, 0.4) is 0 Å². The van der Waals surface area contributed by atoms with Crippen LogP contribution in [0.25, 0.3) is 11.3 Å². The third-order valence-electron chi connectivity index (χ3n) is 5.15. The Morgan fingerprint density at radius 2 is 1.79 bits per heavy atom. The Kier molecular flexibility index (Phi) is 5.02. The number of nitrogens with one attached hydrogen (secondary N) is 1. The van der Waals surface area contributed by atoms with Crippen LogP contribution in [0.15, 0.2) is 54.7 Å². The molecule has 6 nitrogen and oxygen atoms in total. The molecule has 1 N–H and O–H groups in total. The van der Waals surface area contributed by atoms with Crippen LogP contribution in [0.1, 0.15) is 23.7 Å². The number of hydrogen-bond acceptors (Lipinski definition) is 4. The van der Waals surface area contributed by atoms with Gasteiger partial charge in [0, 0.05) is 36.6 Å². The predicted octanol–water partition coefficient (Wildman–Crippen LogP) is 3.61. The van der Waals surface area contributed by atoms with Gasteiger partial charge >= 0.3 is 0 Å². The maximum atomic E-state index is 12.6. The molecule has 0 spiro atoms. The fourth-order valence-electron chi connectivity index (χ4n) is 3.70. The molecule has 1 saturated heterocycles. The Hall–Kier alpha value is -3.28. The zero-order chi connectivity index (χ0) is 19.5. The van der Waals surface area contributed by atoms with Crippen LogP contribution in [-0.2, 0) is 11.3 Å². The zero-order valence-corrected chi connectivity index (χ0v) is 16.0. The molecule has 0 aliphatic carbocycles. The lowest BCUT2D eigenvalue weighted by Crippen LogP contribution is -2.24. The molecule has 1 unspecified atom stereocenters. The van der Waals surface area contributed by atoms with E-state index < -0.39 is 0 Å². The van der Waals surface area contributed by atoms with Gasteiger partial charge in [-0.3, -0.25) is 4.79 Å². The van der Waals surface area contributed by atoms with Crippen molar-refractivity contribution in [1.82, 2.24) is 14.9 Å². The molecular weight excluding hydrogens is 354 g/mol. The molecule has 1 aromatic heterocycles. The van der Waals surface area contributed by atoms with Gasteiger partial charge in [0.05, 0.1) is 26.1 Å². The second-order valence-corrected chi connectivity index (χ2v) is 6.87. The fourth-order valence-corrected chi connectivity index (χ4v) is 3.70. The molecule has 3 aromatic rings. The molecule has 0 bridgehead atoms. The van der Waals surface area contributed by atoms with E-state index in [1.54, 1.807) is 20.4 Å². The summed E-state index contributed by atoms with van der Waals surface area (Å²) in [6, 6.07) is 15.6. The second-order valence-electron chi connectivity index (χ2n) is 6.87. The number of hydrogen-bond donors (Lipinski definition) is 1. The highest BCUT2D eigenvalue weighted by Crippen LogP contribution is 2.32. The molecule has 6 heteroatoms. The van der Waals surface area contributed by atoms with Crippen LogP contribution in [0.2, 0.25) is 0 Å². The number of carbonyl (C=O) groups is 1. The average molecular weight is 377 g/mol. The third kappa shape index (κ3) is 3.45. The lowest BCUT2D eigenvalue weighted by molar-refractivity contribution is -0.128. The predicted molar refractivity (Wildman–Crippen MR) is 106 cm³/mol. The molecule has 4 rings (SSSR count). The number of aromatic nitrogens is 2. The number of methoxy groups -OCH3 is 2.